The summed E-state index contributed by atoms with van der Waals surface area (Å²) in [6.07, 6.45) is 0.837. The molecule has 0 aliphatic carbocycles. The van der Waals surface area contributed by atoms with Crippen LogP contribution in [0.15, 0.2) is 0 Å². The van der Waals surface area contributed by atoms with E-state index in [1.165, 1.54) is 0 Å². The van der Waals surface area contributed by atoms with E-state index in [2.05, 4.69) is 5.32 Å². The Morgan fingerprint density at radius 1 is 1.22 bits per heavy atom. The number of rotatable bonds is 9. The fourth-order valence-corrected chi connectivity index (χ4v) is 1.36. The van der Waals surface area contributed by atoms with Crippen molar-refractivity contribution in [3.63, 3.8) is 0 Å². The quantitative estimate of drug-likeness (QED) is 0.454. The highest BCUT2D eigenvalue weighted by molar-refractivity contribution is 5.85. The zero-order valence-electron chi connectivity index (χ0n) is 10.4. The van der Waals surface area contributed by atoms with Crippen LogP contribution in [0.4, 0.5) is 0 Å². The molecule has 18 heavy (non-hydrogen) atoms. The van der Waals surface area contributed by atoms with Crippen molar-refractivity contribution in [1.29, 1.82) is 0 Å². The summed E-state index contributed by atoms with van der Waals surface area (Å²) >= 11 is 0. The summed E-state index contributed by atoms with van der Waals surface area (Å²) in [5, 5.41) is 19.8. The first-order chi connectivity index (χ1) is 8.38. The predicted molar refractivity (Wildman–Crippen MR) is 63.9 cm³/mol. The molecule has 0 aromatic rings. The SMILES string of the molecule is CC(CCC(=O)O)C(=O)NC(CCCN)C(=O)O. The van der Waals surface area contributed by atoms with E-state index >= 15 is 0 Å². The van der Waals surface area contributed by atoms with Gasteiger partial charge in [-0.25, -0.2) is 4.79 Å². The Morgan fingerprint density at radius 2 is 1.83 bits per heavy atom. The van der Waals surface area contributed by atoms with Crippen molar-refractivity contribution in [2.24, 2.45) is 11.7 Å². The van der Waals surface area contributed by atoms with E-state index in [4.69, 9.17) is 15.9 Å². The van der Waals surface area contributed by atoms with Crippen LogP contribution in [0, 0.1) is 5.92 Å². The minimum absolute atomic E-state index is 0.116. The van der Waals surface area contributed by atoms with Gasteiger partial charge < -0.3 is 21.3 Å². The van der Waals surface area contributed by atoms with Gasteiger partial charge in [0.15, 0.2) is 0 Å². The summed E-state index contributed by atoms with van der Waals surface area (Å²) in [7, 11) is 0. The van der Waals surface area contributed by atoms with Gasteiger partial charge in [0, 0.05) is 12.3 Å². The van der Waals surface area contributed by atoms with Crippen LogP contribution in [0.2, 0.25) is 0 Å². The van der Waals surface area contributed by atoms with Gasteiger partial charge in [0.2, 0.25) is 5.91 Å². The molecular weight excluding hydrogens is 240 g/mol. The topological polar surface area (TPSA) is 130 Å². The smallest absolute Gasteiger partial charge is 0.326 e. The van der Waals surface area contributed by atoms with Crippen LogP contribution in [-0.2, 0) is 14.4 Å². The Bertz CT molecular complexity index is 306. The van der Waals surface area contributed by atoms with Gasteiger partial charge in [-0.15, -0.1) is 0 Å². The van der Waals surface area contributed by atoms with Crippen molar-refractivity contribution in [2.75, 3.05) is 6.54 Å². The number of carbonyl (C=O) groups is 3. The van der Waals surface area contributed by atoms with Crippen LogP contribution in [0.1, 0.15) is 32.6 Å². The first kappa shape index (κ1) is 16.4. The third-order valence-electron chi connectivity index (χ3n) is 2.55. The Balaban J connectivity index is 4.22. The first-order valence-electron chi connectivity index (χ1n) is 5.83. The van der Waals surface area contributed by atoms with E-state index in [0.29, 0.717) is 13.0 Å². The van der Waals surface area contributed by atoms with Gasteiger partial charge in [-0.05, 0) is 25.8 Å². The van der Waals surface area contributed by atoms with Gasteiger partial charge in [-0.1, -0.05) is 6.92 Å². The normalized spacial score (nSPS) is 13.7. The highest BCUT2D eigenvalue weighted by atomic mass is 16.4. The number of amides is 1. The Kier molecular flexibility index (Phi) is 7.69. The van der Waals surface area contributed by atoms with Crippen LogP contribution in [0.25, 0.3) is 0 Å². The second-order valence-corrected chi connectivity index (χ2v) is 4.16. The molecule has 0 radical (unpaired) electrons. The summed E-state index contributed by atoms with van der Waals surface area (Å²) in [6, 6.07) is -0.965. The van der Waals surface area contributed by atoms with Gasteiger partial charge >= 0.3 is 11.9 Å². The van der Waals surface area contributed by atoms with E-state index in [9.17, 15) is 14.4 Å². The van der Waals surface area contributed by atoms with Gasteiger partial charge in [-0.2, -0.15) is 0 Å². The highest BCUT2D eigenvalue weighted by Gasteiger charge is 2.22. The molecule has 0 saturated carbocycles. The molecule has 5 N–H and O–H groups in total. The molecule has 0 bridgehead atoms. The number of nitrogens with one attached hydrogen (secondary N) is 1. The van der Waals surface area contributed by atoms with E-state index in [1.807, 2.05) is 0 Å². The predicted octanol–water partition coefficient (Wildman–Crippen LogP) is -0.204. The van der Waals surface area contributed by atoms with Crippen LogP contribution in [0.3, 0.4) is 0 Å². The maximum atomic E-state index is 11.6. The minimum Gasteiger partial charge on any atom is -0.481 e. The second kappa shape index (κ2) is 8.46. The van der Waals surface area contributed by atoms with Crippen molar-refractivity contribution in [3.05, 3.63) is 0 Å². The number of nitrogens with two attached hydrogens (primary N) is 1. The molecule has 0 heterocycles. The van der Waals surface area contributed by atoms with Crippen molar-refractivity contribution >= 4 is 17.8 Å². The lowest BCUT2D eigenvalue weighted by molar-refractivity contribution is -0.143. The number of carboxylic acid groups (broad SMARTS) is 2. The molecule has 2 unspecified atom stereocenters. The molecule has 7 nitrogen and oxygen atoms in total. The maximum Gasteiger partial charge on any atom is 0.326 e. The van der Waals surface area contributed by atoms with Crippen molar-refractivity contribution in [1.82, 2.24) is 5.32 Å². The highest BCUT2D eigenvalue weighted by Crippen LogP contribution is 2.07. The van der Waals surface area contributed by atoms with E-state index in [1.54, 1.807) is 6.92 Å². The summed E-state index contributed by atoms with van der Waals surface area (Å²) in [4.78, 5) is 32.9. The van der Waals surface area contributed by atoms with Crippen LogP contribution >= 0.6 is 0 Å². The van der Waals surface area contributed by atoms with Gasteiger partial charge in [-0.3, -0.25) is 9.59 Å². The number of aliphatic carboxylic acids is 2. The molecule has 0 spiro atoms. The summed E-state index contributed by atoms with van der Waals surface area (Å²) in [5.74, 6) is -3.06. The van der Waals surface area contributed by atoms with Gasteiger partial charge in [0.1, 0.15) is 6.04 Å². The number of hydrogen-bond donors (Lipinski definition) is 4. The Hall–Kier alpha value is -1.63. The van der Waals surface area contributed by atoms with E-state index in [0.717, 1.165) is 0 Å². The fourth-order valence-electron chi connectivity index (χ4n) is 1.36. The third kappa shape index (κ3) is 6.85. The van der Waals surface area contributed by atoms with E-state index in [-0.39, 0.29) is 19.3 Å². The Labute approximate surface area is 105 Å². The van der Waals surface area contributed by atoms with Crippen molar-refractivity contribution in [3.8, 4) is 0 Å². The minimum atomic E-state index is -1.11. The third-order valence-corrected chi connectivity index (χ3v) is 2.55. The summed E-state index contributed by atoms with van der Waals surface area (Å²) < 4.78 is 0. The molecule has 104 valence electrons. The van der Waals surface area contributed by atoms with Crippen molar-refractivity contribution in [2.45, 2.75) is 38.6 Å². The number of hydrogen-bond acceptors (Lipinski definition) is 4. The Morgan fingerprint density at radius 3 is 2.28 bits per heavy atom. The lowest BCUT2D eigenvalue weighted by Crippen LogP contribution is -2.43. The molecule has 0 rings (SSSR count). The fraction of sp³-hybridized carbons (Fsp3) is 0.727. The molecule has 0 saturated heterocycles. The first-order valence-corrected chi connectivity index (χ1v) is 5.83. The second-order valence-electron chi connectivity index (χ2n) is 4.16. The summed E-state index contributed by atoms with van der Waals surface area (Å²) in [5.41, 5.74) is 5.28. The van der Waals surface area contributed by atoms with Gasteiger partial charge in [0.25, 0.3) is 0 Å². The van der Waals surface area contributed by atoms with Crippen molar-refractivity contribution < 1.29 is 24.6 Å². The molecule has 7 heteroatoms. The average Bonchev–Trinajstić information content (AvgIpc) is 2.30. The zero-order valence-corrected chi connectivity index (χ0v) is 10.4. The summed E-state index contributed by atoms with van der Waals surface area (Å²) in [6.45, 7) is 1.92. The monoisotopic (exact) mass is 260 g/mol. The largest absolute Gasteiger partial charge is 0.481 e. The van der Waals surface area contributed by atoms with Crippen LogP contribution < -0.4 is 11.1 Å². The van der Waals surface area contributed by atoms with E-state index < -0.39 is 29.8 Å². The van der Waals surface area contributed by atoms with Crippen LogP contribution in [0.5, 0.6) is 0 Å². The molecule has 2 atom stereocenters. The number of carboxylic acids is 2. The molecule has 0 aliphatic heterocycles. The molecule has 1 amide bonds. The zero-order chi connectivity index (χ0) is 14.1. The lowest BCUT2D eigenvalue weighted by Gasteiger charge is -2.17. The number of carbonyl (C=O) groups excluding carboxylic acids is 1. The molecule has 0 aromatic carbocycles. The molecule has 0 aromatic heterocycles. The maximum absolute atomic E-state index is 11.6. The van der Waals surface area contributed by atoms with Gasteiger partial charge in [0.05, 0.1) is 0 Å². The average molecular weight is 260 g/mol. The van der Waals surface area contributed by atoms with Crippen LogP contribution in [-0.4, -0.2) is 40.6 Å². The lowest BCUT2D eigenvalue weighted by atomic mass is 10.0. The molecular formula is C11H20N2O5. The standard InChI is InChI=1S/C11H20N2O5/c1-7(4-5-9(14)15)10(16)13-8(11(17)18)3-2-6-12/h7-8H,2-6,12H2,1H3,(H,13,16)(H,14,15)(H,17,18). The molecule has 0 fully saturated rings. The molecule has 0 aliphatic rings.